The van der Waals surface area contributed by atoms with Crippen LogP contribution in [0.2, 0.25) is 0 Å². The Bertz CT molecular complexity index is 148. The molecule has 0 amide bonds. The van der Waals surface area contributed by atoms with Gasteiger partial charge in [0.25, 0.3) is 0 Å². The van der Waals surface area contributed by atoms with Gasteiger partial charge in [-0.25, -0.2) is 4.79 Å². The van der Waals surface area contributed by atoms with Gasteiger partial charge < -0.3 is 14.2 Å². The summed E-state index contributed by atoms with van der Waals surface area (Å²) in [5.41, 5.74) is 0. The van der Waals surface area contributed by atoms with E-state index in [0.29, 0.717) is 13.2 Å². The van der Waals surface area contributed by atoms with Crippen molar-refractivity contribution in [2.75, 3.05) is 19.8 Å². The Labute approximate surface area is 58.1 Å². The normalized spacial score (nSPS) is 35.2. The van der Waals surface area contributed by atoms with Gasteiger partial charge in [-0.1, -0.05) is 0 Å². The standard InChI is InChI=1S/C6H8O4/c7-6(5-3-9-5)10-2-4-1-8-4/h4-5H,1-3H2/t4-,5-/m0/s1. The van der Waals surface area contributed by atoms with E-state index in [0.717, 1.165) is 6.61 Å². The van der Waals surface area contributed by atoms with Crippen molar-refractivity contribution in [3.05, 3.63) is 0 Å². The highest BCUT2D eigenvalue weighted by Crippen LogP contribution is 2.13. The molecule has 2 fully saturated rings. The van der Waals surface area contributed by atoms with E-state index in [1.54, 1.807) is 0 Å². The van der Waals surface area contributed by atoms with Crippen molar-refractivity contribution in [3.8, 4) is 0 Å². The third kappa shape index (κ3) is 1.46. The first-order valence-corrected chi connectivity index (χ1v) is 3.26. The third-order valence-corrected chi connectivity index (χ3v) is 1.41. The zero-order valence-corrected chi connectivity index (χ0v) is 5.41. The monoisotopic (exact) mass is 144 g/mol. The van der Waals surface area contributed by atoms with Gasteiger partial charge >= 0.3 is 5.97 Å². The van der Waals surface area contributed by atoms with Crippen molar-refractivity contribution >= 4 is 5.97 Å². The average Bonchev–Trinajstić information content (AvgIpc) is 2.76. The molecule has 10 heavy (non-hydrogen) atoms. The summed E-state index contributed by atoms with van der Waals surface area (Å²) in [6.45, 7) is 1.63. The van der Waals surface area contributed by atoms with Gasteiger partial charge in [0.1, 0.15) is 12.7 Å². The Balaban J connectivity index is 1.63. The number of hydrogen-bond donors (Lipinski definition) is 0. The number of hydrogen-bond acceptors (Lipinski definition) is 4. The van der Waals surface area contributed by atoms with Crippen LogP contribution in [0.3, 0.4) is 0 Å². The van der Waals surface area contributed by atoms with E-state index in [1.807, 2.05) is 0 Å². The minimum atomic E-state index is -0.279. The Morgan fingerprint density at radius 2 is 2.20 bits per heavy atom. The lowest BCUT2D eigenvalue weighted by atomic mass is 10.5. The van der Waals surface area contributed by atoms with Crippen LogP contribution in [-0.2, 0) is 19.0 Å². The Morgan fingerprint density at radius 1 is 1.50 bits per heavy atom. The van der Waals surface area contributed by atoms with Crippen molar-refractivity contribution < 1.29 is 19.0 Å². The van der Waals surface area contributed by atoms with Gasteiger partial charge in [-0.3, -0.25) is 0 Å². The van der Waals surface area contributed by atoms with Crippen LogP contribution in [0, 0.1) is 0 Å². The summed E-state index contributed by atoms with van der Waals surface area (Å²) >= 11 is 0. The molecule has 2 saturated heterocycles. The van der Waals surface area contributed by atoms with Crippen LogP contribution in [0.5, 0.6) is 0 Å². The molecule has 2 atom stereocenters. The summed E-state index contributed by atoms with van der Waals surface area (Å²) in [5, 5.41) is 0. The molecule has 2 aliphatic heterocycles. The molecule has 2 aliphatic rings. The fourth-order valence-corrected chi connectivity index (χ4v) is 0.616. The Hall–Kier alpha value is -0.610. The van der Waals surface area contributed by atoms with Gasteiger partial charge in [0.2, 0.25) is 0 Å². The van der Waals surface area contributed by atoms with Crippen molar-refractivity contribution in [2.45, 2.75) is 12.2 Å². The number of carbonyl (C=O) groups excluding carboxylic acids is 1. The van der Waals surface area contributed by atoms with Crippen LogP contribution in [0.15, 0.2) is 0 Å². The van der Waals surface area contributed by atoms with Crippen molar-refractivity contribution in [1.29, 1.82) is 0 Å². The molecule has 0 N–H and O–H groups in total. The second-order valence-corrected chi connectivity index (χ2v) is 2.41. The summed E-state index contributed by atoms with van der Waals surface area (Å²) in [6, 6.07) is 0. The molecule has 4 heteroatoms. The quantitative estimate of drug-likeness (QED) is 0.389. The van der Waals surface area contributed by atoms with E-state index < -0.39 is 0 Å². The van der Waals surface area contributed by atoms with Gasteiger partial charge in [-0.05, 0) is 0 Å². The fraction of sp³-hybridized carbons (Fsp3) is 0.833. The second-order valence-electron chi connectivity index (χ2n) is 2.41. The molecule has 0 bridgehead atoms. The predicted octanol–water partition coefficient (Wildman–Crippen LogP) is -0.673. The lowest BCUT2D eigenvalue weighted by molar-refractivity contribution is -0.145. The van der Waals surface area contributed by atoms with Crippen LogP contribution in [0.4, 0.5) is 0 Å². The molecule has 0 aromatic carbocycles. The van der Waals surface area contributed by atoms with Gasteiger partial charge in [0, 0.05) is 0 Å². The van der Waals surface area contributed by atoms with Gasteiger partial charge in [-0.2, -0.15) is 0 Å². The molecule has 0 aliphatic carbocycles. The first-order valence-electron chi connectivity index (χ1n) is 3.26. The summed E-state index contributed by atoms with van der Waals surface area (Å²) in [6.07, 6.45) is -0.124. The van der Waals surface area contributed by atoms with Crippen molar-refractivity contribution in [2.24, 2.45) is 0 Å². The van der Waals surface area contributed by atoms with Crippen LogP contribution in [0.1, 0.15) is 0 Å². The largest absolute Gasteiger partial charge is 0.461 e. The molecule has 0 radical (unpaired) electrons. The molecular formula is C6H8O4. The highest BCUT2D eigenvalue weighted by Gasteiger charge is 2.34. The number of carbonyl (C=O) groups is 1. The minimum Gasteiger partial charge on any atom is -0.461 e. The molecule has 2 rings (SSSR count). The molecule has 0 saturated carbocycles. The first-order chi connectivity index (χ1) is 4.86. The lowest BCUT2D eigenvalue weighted by Crippen LogP contribution is -2.14. The summed E-state index contributed by atoms with van der Waals surface area (Å²) in [5.74, 6) is -0.254. The smallest absolute Gasteiger partial charge is 0.337 e. The molecule has 2 heterocycles. The first kappa shape index (κ1) is 6.12. The molecule has 0 aromatic rings. The number of ether oxygens (including phenoxy) is 3. The Kier molecular flexibility index (Phi) is 1.35. The van der Waals surface area contributed by atoms with Crippen LogP contribution in [0.25, 0.3) is 0 Å². The maximum absolute atomic E-state index is 10.7. The van der Waals surface area contributed by atoms with Crippen molar-refractivity contribution in [3.63, 3.8) is 0 Å². The number of esters is 1. The topological polar surface area (TPSA) is 51.4 Å². The number of rotatable bonds is 3. The zero-order chi connectivity index (χ0) is 6.97. The average molecular weight is 144 g/mol. The molecule has 0 aromatic heterocycles. The lowest BCUT2D eigenvalue weighted by Gasteiger charge is -1.97. The van der Waals surface area contributed by atoms with Crippen LogP contribution >= 0.6 is 0 Å². The molecule has 56 valence electrons. The highest BCUT2D eigenvalue weighted by atomic mass is 16.6. The maximum atomic E-state index is 10.7. The third-order valence-electron chi connectivity index (χ3n) is 1.41. The van der Waals surface area contributed by atoms with E-state index in [4.69, 9.17) is 14.2 Å². The second kappa shape index (κ2) is 2.21. The van der Waals surface area contributed by atoms with Crippen LogP contribution in [-0.4, -0.2) is 38.0 Å². The summed E-state index contributed by atoms with van der Waals surface area (Å²) in [4.78, 5) is 10.7. The maximum Gasteiger partial charge on any atom is 0.337 e. The molecule has 4 nitrogen and oxygen atoms in total. The van der Waals surface area contributed by atoms with E-state index >= 15 is 0 Å². The molecule has 0 unspecified atom stereocenters. The van der Waals surface area contributed by atoms with Gasteiger partial charge in [-0.15, -0.1) is 0 Å². The molecular weight excluding hydrogens is 136 g/mol. The van der Waals surface area contributed by atoms with E-state index in [-0.39, 0.29) is 18.2 Å². The highest BCUT2D eigenvalue weighted by molar-refractivity contribution is 5.76. The SMILES string of the molecule is O=C(OC[C@@H]1CO1)[C@@H]1CO1. The summed E-state index contributed by atoms with van der Waals surface area (Å²) in [7, 11) is 0. The zero-order valence-electron chi connectivity index (χ0n) is 5.41. The number of epoxide rings is 2. The van der Waals surface area contributed by atoms with E-state index in [1.165, 1.54) is 0 Å². The van der Waals surface area contributed by atoms with E-state index in [2.05, 4.69) is 0 Å². The molecule has 0 spiro atoms. The van der Waals surface area contributed by atoms with Crippen molar-refractivity contribution in [1.82, 2.24) is 0 Å². The van der Waals surface area contributed by atoms with Gasteiger partial charge in [0.05, 0.1) is 13.2 Å². The summed E-state index contributed by atoms with van der Waals surface area (Å²) < 4.78 is 14.3. The Morgan fingerprint density at radius 3 is 2.70 bits per heavy atom. The van der Waals surface area contributed by atoms with Gasteiger partial charge in [0.15, 0.2) is 6.10 Å². The predicted molar refractivity (Wildman–Crippen MR) is 30.4 cm³/mol. The van der Waals surface area contributed by atoms with E-state index in [9.17, 15) is 4.79 Å². The fourth-order valence-electron chi connectivity index (χ4n) is 0.616. The van der Waals surface area contributed by atoms with Crippen LogP contribution < -0.4 is 0 Å². The minimum absolute atomic E-state index is 0.155.